The molecule has 0 saturated carbocycles. The first-order valence-corrected chi connectivity index (χ1v) is 18.0. The number of hydrogen-bond donors (Lipinski definition) is 1. The van der Waals surface area contributed by atoms with E-state index in [9.17, 15) is 4.21 Å². The number of aromatic nitrogens is 4. The van der Waals surface area contributed by atoms with E-state index in [1.807, 2.05) is 49.5 Å². The number of nitrogens with one attached hydrogen (secondary N) is 1. The molecular weight excluding hydrogens is 619 g/mol. The zero-order valence-electron chi connectivity index (χ0n) is 28.0. The highest BCUT2D eigenvalue weighted by molar-refractivity contribution is 7.84. The summed E-state index contributed by atoms with van der Waals surface area (Å²) in [5, 5.41) is 5.08. The van der Waals surface area contributed by atoms with Gasteiger partial charge in [0.05, 0.1) is 47.3 Å². The lowest BCUT2D eigenvalue weighted by atomic mass is 9.73. The normalized spacial score (nSPS) is 26.8. The molecule has 0 aliphatic carbocycles. The van der Waals surface area contributed by atoms with Gasteiger partial charge in [-0.2, -0.15) is 0 Å². The smallest absolute Gasteiger partial charge is 0.222 e. The summed E-state index contributed by atoms with van der Waals surface area (Å²) in [5.41, 5.74) is 2.53. The minimum absolute atomic E-state index is 0.0107. The van der Waals surface area contributed by atoms with E-state index < -0.39 is 16.8 Å². The predicted molar refractivity (Wildman–Crippen MR) is 181 cm³/mol. The maximum absolute atomic E-state index is 15.5. The minimum Gasteiger partial charge on any atom is -0.376 e. The zero-order chi connectivity index (χ0) is 33.1. The average Bonchev–Trinajstić information content (AvgIpc) is 3.58. The third-order valence-corrected chi connectivity index (χ3v) is 12.1. The van der Waals surface area contributed by atoms with Crippen molar-refractivity contribution in [1.29, 1.82) is 0 Å². The quantitative estimate of drug-likeness (QED) is 0.318. The van der Waals surface area contributed by atoms with Crippen molar-refractivity contribution >= 4 is 45.2 Å². The predicted octanol–water partition coefficient (Wildman–Crippen LogP) is 6.29. The van der Waals surface area contributed by atoms with Crippen LogP contribution < -0.4 is 14.5 Å². The minimum atomic E-state index is -1.19. The molecule has 4 aliphatic rings. The molecule has 3 aromatic rings. The molecule has 0 radical (unpaired) electrons. The van der Waals surface area contributed by atoms with Gasteiger partial charge in [-0.15, -0.1) is 5.10 Å². The molecule has 2 aromatic heterocycles. The Morgan fingerprint density at radius 3 is 2.62 bits per heavy atom. The molecule has 13 heteroatoms. The Bertz CT molecular complexity index is 1720. The van der Waals surface area contributed by atoms with Crippen molar-refractivity contribution in [3.63, 3.8) is 0 Å². The average molecular weight is 665 g/mol. The zero-order valence-corrected chi connectivity index (χ0v) is 28.8. The first-order valence-electron chi connectivity index (χ1n) is 16.9. The molecule has 2 unspecified atom stereocenters. The molecule has 3 saturated heterocycles. The molecule has 7 rings (SSSR count). The van der Waals surface area contributed by atoms with E-state index in [4.69, 9.17) is 31.1 Å². The molecule has 4 aliphatic heterocycles. The first-order chi connectivity index (χ1) is 22.5. The number of piperidine rings is 1. The van der Waals surface area contributed by atoms with Gasteiger partial charge in [0, 0.05) is 42.9 Å². The van der Waals surface area contributed by atoms with Crippen molar-refractivity contribution in [2.45, 2.75) is 102 Å². The maximum atomic E-state index is 15.5. The molecule has 1 N–H and O–H groups in total. The monoisotopic (exact) mass is 664 g/mol. The highest BCUT2D eigenvalue weighted by Gasteiger charge is 2.50. The van der Waals surface area contributed by atoms with Crippen LogP contribution in [0.25, 0.3) is 16.0 Å². The lowest BCUT2D eigenvalue weighted by molar-refractivity contribution is -0.0368. The van der Waals surface area contributed by atoms with Crippen LogP contribution in [0.5, 0.6) is 0 Å². The van der Waals surface area contributed by atoms with Crippen molar-refractivity contribution in [3.8, 4) is 0 Å². The number of nitrogens with zero attached hydrogens (tertiary/aromatic N) is 7. The van der Waals surface area contributed by atoms with Crippen molar-refractivity contribution in [1.82, 2.24) is 24.5 Å². The summed E-state index contributed by atoms with van der Waals surface area (Å²) in [7, 11) is -1.19. The van der Waals surface area contributed by atoms with Gasteiger partial charge in [0.25, 0.3) is 0 Å². The van der Waals surface area contributed by atoms with Crippen molar-refractivity contribution in [2.24, 2.45) is 5.41 Å². The highest BCUT2D eigenvalue weighted by Crippen LogP contribution is 2.46. The first kappa shape index (κ1) is 32.4. The van der Waals surface area contributed by atoms with E-state index in [0.717, 1.165) is 63.1 Å². The van der Waals surface area contributed by atoms with E-state index in [2.05, 4.69) is 21.4 Å². The Morgan fingerprint density at radius 1 is 1.13 bits per heavy atom. The summed E-state index contributed by atoms with van der Waals surface area (Å²) < 4.78 is 45.9. The Balaban J connectivity index is 1.21. The van der Waals surface area contributed by atoms with Gasteiger partial charge in [-0.3, -0.25) is 0 Å². The van der Waals surface area contributed by atoms with E-state index in [-0.39, 0.29) is 40.1 Å². The number of halogens is 1. The van der Waals surface area contributed by atoms with Crippen LogP contribution in [-0.2, 0) is 20.5 Å². The van der Waals surface area contributed by atoms with Gasteiger partial charge in [0.15, 0.2) is 23.2 Å². The van der Waals surface area contributed by atoms with Crippen LogP contribution in [0.4, 0.5) is 27.4 Å². The van der Waals surface area contributed by atoms with E-state index in [0.29, 0.717) is 42.3 Å². The fourth-order valence-corrected chi connectivity index (χ4v) is 8.66. The number of rotatable bonds is 5. The summed E-state index contributed by atoms with van der Waals surface area (Å²) >= 11 is 0. The van der Waals surface area contributed by atoms with Gasteiger partial charge in [0.1, 0.15) is 11.6 Å². The molecule has 47 heavy (non-hydrogen) atoms. The number of anilines is 3. The summed E-state index contributed by atoms with van der Waals surface area (Å²) in [4.78, 5) is 17.9. The molecule has 1 aromatic carbocycles. The summed E-state index contributed by atoms with van der Waals surface area (Å²) in [6.07, 6.45) is 6.91. The van der Waals surface area contributed by atoms with Crippen molar-refractivity contribution in [2.75, 3.05) is 42.6 Å². The number of benzene rings is 1. The van der Waals surface area contributed by atoms with E-state index in [1.54, 1.807) is 6.07 Å². The molecular formula is C34H45FN8O3S. The maximum Gasteiger partial charge on any atom is 0.222 e. The molecule has 3 fully saturated rings. The number of ether oxygens (including phenoxy) is 2. The molecule has 6 heterocycles. The van der Waals surface area contributed by atoms with Gasteiger partial charge < -0.3 is 19.3 Å². The Kier molecular flexibility index (Phi) is 8.52. The fraction of sp³-hybridized carbons (Fsp3) is 0.647. The Morgan fingerprint density at radius 2 is 1.91 bits per heavy atom. The SMILES string of the molecule is [C-]#[N+]c1ccc2c(c1F)C(C)CCN2c1nn(C2CCCCO2)c2nc(N3CCC4(CC3)CO[C@@H](C)[C@H]4N[S@@](=O)C(C)(C)C)cnc12. The van der Waals surface area contributed by atoms with Crippen molar-refractivity contribution < 1.29 is 18.1 Å². The van der Waals surface area contributed by atoms with Crippen molar-refractivity contribution in [3.05, 3.63) is 41.1 Å². The highest BCUT2D eigenvalue weighted by atomic mass is 32.2. The number of fused-ring (bicyclic) bond motifs is 2. The topological polar surface area (TPSA) is 102 Å². The molecule has 252 valence electrons. The largest absolute Gasteiger partial charge is 0.376 e. The van der Waals surface area contributed by atoms with Crippen LogP contribution in [0.1, 0.15) is 90.9 Å². The van der Waals surface area contributed by atoms with Crippen LogP contribution >= 0.6 is 0 Å². The third kappa shape index (κ3) is 5.71. The molecule has 0 bridgehead atoms. The molecule has 0 amide bonds. The Hall–Kier alpha value is -3.18. The standard InChI is InChI=1S/C34H45FN8O3S/c1-21-12-15-42(24-11-10-23(36-6)28(35)27(21)24)32-29-31(43(39-32)26-9-7-8-18-45-26)38-25(19-37-29)41-16-13-34(14-17-41)20-46-22(2)30(34)40-47(44)33(3,4)5/h10-11,19,21-22,26,30,40H,7-9,12-18,20H2,1-5H3/t21?,22-,26?,30+,47-/m0/s1. The lowest BCUT2D eigenvalue weighted by Gasteiger charge is -2.43. The fourth-order valence-electron chi connectivity index (χ4n) is 7.64. The summed E-state index contributed by atoms with van der Waals surface area (Å²) in [6.45, 7) is 21.0. The Labute approximate surface area is 278 Å². The summed E-state index contributed by atoms with van der Waals surface area (Å²) in [6, 6.07) is 3.40. The second kappa shape index (κ2) is 12.4. The van der Waals surface area contributed by atoms with Gasteiger partial charge in [0.2, 0.25) is 5.69 Å². The van der Waals surface area contributed by atoms with E-state index >= 15 is 4.39 Å². The van der Waals surface area contributed by atoms with Gasteiger partial charge >= 0.3 is 0 Å². The van der Waals surface area contributed by atoms with Gasteiger partial charge in [-0.25, -0.2) is 32.8 Å². The molecule has 1 spiro atoms. The van der Waals surface area contributed by atoms with E-state index in [1.165, 1.54) is 0 Å². The van der Waals surface area contributed by atoms with Crippen LogP contribution in [0.15, 0.2) is 18.3 Å². The second-order valence-corrected chi connectivity index (χ2v) is 16.6. The molecule has 5 atom stereocenters. The van der Waals surface area contributed by atoms with Crippen LogP contribution in [0.3, 0.4) is 0 Å². The lowest BCUT2D eigenvalue weighted by Crippen LogP contribution is -2.55. The van der Waals surface area contributed by atoms with Gasteiger partial charge in [-0.05, 0) is 78.2 Å². The van der Waals surface area contributed by atoms with Gasteiger partial charge in [-0.1, -0.05) is 13.0 Å². The second-order valence-electron chi connectivity index (χ2n) is 14.6. The third-order valence-electron chi connectivity index (χ3n) is 10.5. The van der Waals surface area contributed by atoms with Crippen LogP contribution in [-0.4, -0.2) is 73.7 Å². The number of hydrogen-bond acceptors (Lipinski definition) is 8. The summed E-state index contributed by atoms with van der Waals surface area (Å²) in [5.74, 6) is 0.946. The molecule has 11 nitrogen and oxygen atoms in total. The van der Waals surface area contributed by atoms with Crippen LogP contribution in [0, 0.1) is 17.8 Å². The van der Waals surface area contributed by atoms with Crippen LogP contribution in [0.2, 0.25) is 0 Å².